The maximum absolute atomic E-state index is 12.3. The summed E-state index contributed by atoms with van der Waals surface area (Å²) in [5.41, 5.74) is 0.306. The average Bonchev–Trinajstić information content (AvgIpc) is 2.97. The number of amides is 1. The van der Waals surface area contributed by atoms with E-state index >= 15 is 0 Å². The summed E-state index contributed by atoms with van der Waals surface area (Å²) >= 11 is 0. The Kier molecular flexibility index (Phi) is 3.85. The fourth-order valence-electron chi connectivity index (χ4n) is 2.09. The first-order valence-electron chi connectivity index (χ1n) is 6.68. The number of aromatic amines is 1. The van der Waals surface area contributed by atoms with E-state index in [0.29, 0.717) is 0 Å². The summed E-state index contributed by atoms with van der Waals surface area (Å²) in [4.78, 5) is 17.0. The third kappa shape index (κ3) is 3.50. The van der Waals surface area contributed by atoms with Crippen LogP contribution in [0, 0.1) is 0 Å². The van der Waals surface area contributed by atoms with Crippen LogP contribution in [0.15, 0.2) is 18.3 Å². The number of rotatable bonds is 4. The molecule has 2 rings (SSSR count). The van der Waals surface area contributed by atoms with Crippen LogP contribution in [0.3, 0.4) is 0 Å². The number of hydrogen-bond acceptors (Lipinski definition) is 3. The number of nitrogens with zero attached hydrogens (tertiary/aromatic N) is 1. The van der Waals surface area contributed by atoms with Crippen molar-refractivity contribution in [2.75, 3.05) is 6.61 Å². The number of nitrogens with one attached hydrogen (secondary N) is 1. The minimum atomic E-state index is -0.528. The summed E-state index contributed by atoms with van der Waals surface area (Å²) in [5, 5.41) is 9.62. The van der Waals surface area contributed by atoms with Gasteiger partial charge in [0.2, 0.25) is 0 Å². The Bertz CT molecular complexity index is 418. The zero-order chi connectivity index (χ0) is 14.0. The molecule has 0 aliphatic heterocycles. The minimum absolute atomic E-state index is 0.115. The number of aromatic nitrogens is 1. The van der Waals surface area contributed by atoms with Crippen molar-refractivity contribution in [1.29, 1.82) is 0 Å². The molecule has 1 amide bonds. The van der Waals surface area contributed by atoms with Crippen LogP contribution in [-0.4, -0.2) is 39.3 Å². The van der Waals surface area contributed by atoms with E-state index in [-0.39, 0.29) is 24.8 Å². The molecular formula is C14H22N2O3. The Balaban J connectivity index is 2.17. The van der Waals surface area contributed by atoms with Crippen LogP contribution in [0.5, 0.6) is 0 Å². The first-order chi connectivity index (χ1) is 8.92. The molecule has 0 saturated heterocycles. The molecule has 2 N–H and O–H groups in total. The average molecular weight is 266 g/mol. The van der Waals surface area contributed by atoms with Gasteiger partial charge < -0.3 is 14.8 Å². The molecule has 1 aliphatic carbocycles. The molecule has 0 bridgehead atoms. The van der Waals surface area contributed by atoms with E-state index in [1.54, 1.807) is 11.1 Å². The number of carbonyl (C=O) groups excluding carboxylic acids is 1. The molecule has 0 aromatic carbocycles. The number of hydrogen-bond donors (Lipinski definition) is 2. The molecule has 1 fully saturated rings. The second-order valence-electron chi connectivity index (χ2n) is 5.94. The van der Waals surface area contributed by atoms with Crippen LogP contribution in [-0.2, 0) is 4.74 Å². The lowest BCUT2D eigenvalue weighted by molar-refractivity contribution is 0.00597. The molecule has 5 nitrogen and oxygen atoms in total. The molecule has 19 heavy (non-hydrogen) atoms. The van der Waals surface area contributed by atoms with Gasteiger partial charge in [0.25, 0.3) is 0 Å². The molecule has 1 aromatic rings. The molecule has 0 spiro atoms. The van der Waals surface area contributed by atoms with E-state index in [2.05, 4.69) is 4.98 Å². The first kappa shape index (κ1) is 13.9. The van der Waals surface area contributed by atoms with Gasteiger partial charge in [-0.1, -0.05) is 0 Å². The molecular weight excluding hydrogens is 244 g/mol. The number of aliphatic hydroxyl groups is 1. The lowest BCUT2D eigenvalue weighted by Crippen LogP contribution is -2.42. The van der Waals surface area contributed by atoms with Crippen molar-refractivity contribution < 1.29 is 14.6 Å². The number of aliphatic hydroxyl groups excluding tert-OH is 1. The summed E-state index contributed by atoms with van der Waals surface area (Å²) in [6, 6.07) is 3.55. The highest BCUT2D eigenvalue weighted by atomic mass is 16.6. The molecule has 1 aromatic heterocycles. The van der Waals surface area contributed by atoms with Gasteiger partial charge in [-0.3, -0.25) is 4.90 Å². The molecule has 1 saturated carbocycles. The van der Waals surface area contributed by atoms with Crippen LogP contribution >= 0.6 is 0 Å². The van der Waals surface area contributed by atoms with Gasteiger partial charge in [0.1, 0.15) is 5.60 Å². The van der Waals surface area contributed by atoms with E-state index in [0.717, 1.165) is 18.5 Å². The predicted molar refractivity (Wildman–Crippen MR) is 71.7 cm³/mol. The van der Waals surface area contributed by atoms with Crippen LogP contribution in [0.4, 0.5) is 4.79 Å². The minimum Gasteiger partial charge on any atom is -0.444 e. The zero-order valence-electron chi connectivity index (χ0n) is 11.7. The normalized spacial score (nSPS) is 17.1. The number of carbonyl (C=O) groups is 1. The number of H-pyrrole nitrogens is 1. The van der Waals surface area contributed by atoms with Crippen molar-refractivity contribution in [1.82, 2.24) is 9.88 Å². The smallest absolute Gasteiger partial charge is 0.411 e. The van der Waals surface area contributed by atoms with Crippen LogP contribution in [0.1, 0.15) is 45.3 Å². The van der Waals surface area contributed by atoms with Gasteiger partial charge in [0, 0.05) is 17.9 Å². The van der Waals surface area contributed by atoms with E-state index in [9.17, 15) is 9.90 Å². The molecule has 0 radical (unpaired) electrons. The van der Waals surface area contributed by atoms with Crippen molar-refractivity contribution in [3.05, 3.63) is 24.0 Å². The van der Waals surface area contributed by atoms with E-state index in [4.69, 9.17) is 4.74 Å². The summed E-state index contributed by atoms with van der Waals surface area (Å²) in [6.45, 7) is 5.42. The van der Waals surface area contributed by atoms with Crippen molar-refractivity contribution in [2.45, 2.75) is 51.3 Å². The maximum Gasteiger partial charge on any atom is 0.411 e. The SMILES string of the molecule is CC(C)(C)OC(=O)N(C1CC1)C(CO)c1ccc[nH]1. The molecule has 1 aliphatic rings. The summed E-state index contributed by atoms with van der Waals surface area (Å²) in [5.74, 6) is 0. The van der Waals surface area contributed by atoms with E-state index < -0.39 is 5.60 Å². The predicted octanol–water partition coefficient (Wildman–Crippen LogP) is 2.45. The summed E-state index contributed by atoms with van der Waals surface area (Å²) in [7, 11) is 0. The largest absolute Gasteiger partial charge is 0.444 e. The van der Waals surface area contributed by atoms with Gasteiger partial charge in [0.15, 0.2) is 0 Å². The van der Waals surface area contributed by atoms with Gasteiger partial charge in [-0.05, 0) is 45.7 Å². The van der Waals surface area contributed by atoms with Gasteiger partial charge in [-0.15, -0.1) is 0 Å². The molecule has 5 heteroatoms. The quantitative estimate of drug-likeness (QED) is 0.879. The van der Waals surface area contributed by atoms with E-state index in [1.165, 1.54) is 0 Å². The van der Waals surface area contributed by atoms with Crippen molar-refractivity contribution in [2.24, 2.45) is 0 Å². The van der Waals surface area contributed by atoms with Crippen LogP contribution in [0.25, 0.3) is 0 Å². The second kappa shape index (κ2) is 5.25. The van der Waals surface area contributed by atoms with Crippen LogP contribution < -0.4 is 0 Å². The van der Waals surface area contributed by atoms with E-state index in [1.807, 2.05) is 32.9 Å². The van der Waals surface area contributed by atoms with Crippen molar-refractivity contribution in [3.63, 3.8) is 0 Å². The van der Waals surface area contributed by atoms with Gasteiger partial charge in [0.05, 0.1) is 12.6 Å². The Morgan fingerprint density at radius 2 is 2.26 bits per heavy atom. The second-order valence-corrected chi connectivity index (χ2v) is 5.94. The Morgan fingerprint density at radius 1 is 1.58 bits per heavy atom. The highest BCUT2D eigenvalue weighted by Gasteiger charge is 2.40. The molecule has 1 heterocycles. The van der Waals surface area contributed by atoms with Crippen molar-refractivity contribution in [3.8, 4) is 0 Å². The Hall–Kier alpha value is -1.49. The standard InChI is InChI=1S/C14H22N2O3/c1-14(2,3)19-13(18)16(10-6-7-10)12(9-17)11-5-4-8-15-11/h4-5,8,10,12,15,17H,6-7,9H2,1-3H3. The van der Waals surface area contributed by atoms with Gasteiger partial charge >= 0.3 is 6.09 Å². The Labute approximate surface area is 113 Å². The fourth-order valence-corrected chi connectivity index (χ4v) is 2.09. The third-order valence-corrected chi connectivity index (χ3v) is 3.03. The fraction of sp³-hybridized carbons (Fsp3) is 0.643. The Morgan fingerprint density at radius 3 is 2.68 bits per heavy atom. The lowest BCUT2D eigenvalue weighted by Gasteiger charge is -2.32. The zero-order valence-corrected chi connectivity index (χ0v) is 11.7. The molecule has 1 unspecified atom stereocenters. The molecule has 106 valence electrons. The monoisotopic (exact) mass is 266 g/mol. The topological polar surface area (TPSA) is 65.6 Å². The lowest BCUT2D eigenvalue weighted by atomic mass is 10.2. The third-order valence-electron chi connectivity index (χ3n) is 3.03. The summed E-state index contributed by atoms with van der Waals surface area (Å²) in [6.07, 6.45) is 3.37. The van der Waals surface area contributed by atoms with Gasteiger partial charge in [-0.25, -0.2) is 4.79 Å². The number of ether oxygens (including phenoxy) is 1. The first-order valence-corrected chi connectivity index (χ1v) is 6.68. The van der Waals surface area contributed by atoms with Crippen molar-refractivity contribution >= 4 is 6.09 Å². The van der Waals surface area contributed by atoms with Crippen LogP contribution in [0.2, 0.25) is 0 Å². The highest BCUT2D eigenvalue weighted by Crippen LogP contribution is 2.35. The summed E-state index contributed by atoms with van der Waals surface area (Å²) < 4.78 is 5.44. The van der Waals surface area contributed by atoms with Gasteiger partial charge in [-0.2, -0.15) is 0 Å². The maximum atomic E-state index is 12.3. The molecule has 1 atom stereocenters. The highest BCUT2D eigenvalue weighted by molar-refractivity contribution is 5.69.